The van der Waals surface area contributed by atoms with Crippen LogP contribution in [0.5, 0.6) is 0 Å². The van der Waals surface area contributed by atoms with Gasteiger partial charge in [-0.25, -0.2) is 0 Å². The summed E-state index contributed by atoms with van der Waals surface area (Å²) in [5, 5.41) is 3.12. The van der Waals surface area contributed by atoms with Gasteiger partial charge in [0.25, 0.3) is 5.91 Å². The summed E-state index contributed by atoms with van der Waals surface area (Å²) in [5.41, 5.74) is 6.98. The lowest BCUT2D eigenvalue weighted by Crippen LogP contribution is -2.46. The number of carbonyl (C=O) groups excluding carboxylic acids is 1. The van der Waals surface area contributed by atoms with Crippen molar-refractivity contribution in [2.24, 2.45) is 5.41 Å². The lowest BCUT2D eigenvalue weighted by Gasteiger charge is -2.33. The van der Waals surface area contributed by atoms with Gasteiger partial charge in [-0.1, -0.05) is 20.8 Å². The molecule has 0 aliphatic carbocycles. The number of nitrogen functional groups attached to an aromatic ring is 1. The predicted octanol–water partition coefficient (Wildman–Crippen LogP) is 3.60. The molecule has 1 aromatic rings. The summed E-state index contributed by atoms with van der Waals surface area (Å²) in [4.78, 5) is 12.5. The maximum absolute atomic E-state index is 12.5. The second-order valence-corrected chi connectivity index (χ2v) is 7.74. The average molecular weight is 279 g/mol. The van der Waals surface area contributed by atoms with Crippen LogP contribution in [0.2, 0.25) is 0 Å². The van der Waals surface area contributed by atoms with E-state index < -0.39 is 0 Å². The van der Waals surface area contributed by atoms with Crippen LogP contribution in [0.4, 0.5) is 5.69 Å². The number of hydrogen-bond acceptors (Lipinski definition) is 2. The van der Waals surface area contributed by atoms with Gasteiger partial charge in [0, 0.05) is 17.8 Å². The first-order valence-corrected chi connectivity index (χ1v) is 7.21. The highest BCUT2D eigenvalue weighted by molar-refractivity contribution is 5.94. The monoisotopic (exact) mass is 279 g/mol. The molecule has 0 aromatic carbocycles. The van der Waals surface area contributed by atoms with E-state index in [9.17, 15) is 4.79 Å². The third-order valence-electron chi connectivity index (χ3n) is 3.08. The Balaban J connectivity index is 2.91. The van der Waals surface area contributed by atoms with Crippen molar-refractivity contribution in [3.63, 3.8) is 0 Å². The molecule has 1 amide bonds. The van der Waals surface area contributed by atoms with Crippen LogP contribution in [0.15, 0.2) is 12.3 Å². The van der Waals surface area contributed by atoms with Gasteiger partial charge in [0.2, 0.25) is 0 Å². The highest BCUT2D eigenvalue weighted by Gasteiger charge is 2.28. The van der Waals surface area contributed by atoms with E-state index in [1.54, 1.807) is 6.07 Å². The van der Waals surface area contributed by atoms with Crippen molar-refractivity contribution in [1.82, 2.24) is 9.88 Å². The molecule has 0 bridgehead atoms. The molecule has 0 atom stereocenters. The Hall–Kier alpha value is -1.45. The third-order valence-corrected chi connectivity index (χ3v) is 3.08. The summed E-state index contributed by atoms with van der Waals surface area (Å²) in [7, 11) is 0. The lowest BCUT2D eigenvalue weighted by molar-refractivity contribution is 0.0880. The smallest absolute Gasteiger partial charge is 0.268 e. The van der Waals surface area contributed by atoms with Crippen molar-refractivity contribution >= 4 is 11.6 Å². The van der Waals surface area contributed by atoms with Gasteiger partial charge in [0.15, 0.2) is 0 Å². The van der Waals surface area contributed by atoms with Crippen molar-refractivity contribution in [3.8, 4) is 0 Å². The van der Waals surface area contributed by atoms with Gasteiger partial charge in [-0.15, -0.1) is 0 Å². The molecular formula is C16H29N3O. The zero-order valence-electron chi connectivity index (χ0n) is 13.9. The van der Waals surface area contributed by atoms with E-state index in [1.807, 2.05) is 24.6 Å². The molecule has 20 heavy (non-hydrogen) atoms. The molecule has 0 aliphatic heterocycles. The molecule has 3 N–H and O–H groups in total. The molecule has 0 radical (unpaired) electrons. The molecular weight excluding hydrogens is 250 g/mol. The van der Waals surface area contributed by atoms with Crippen LogP contribution in [0.3, 0.4) is 0 Å². The summed E-state index contributed by atoms with van der Waals surface area (Å²) >= 11 is 0. The predicted molar refractivity (Wildman–Crippen MR) is 84.8 cm³/mol. The van der Waals surface area contributed by atoms with Gasteiger partial charge >= 0.3 is 0 Å². The summed E-state index contributed by atoms with van der Waals surface area (Å²) in [6.45, 7) is 14.7. The minimum atomic E-state index is -0.254. The Kier molecular flexibility index (Phi) is 4.57. The molecule has 114 valence electrons. The fourth-order valence-electron chi connectivity index (χ4n) is 2.85. The minimum absolute atomic E-state index is 0.0651. The number of nitrogens with one attached hydrogen (secondary N) is 1. The highest BCUT2D eigenvalue weighted by Crippen LogP contribution is 2.27. The van der Waals surface area contributed by atoms with E-state index >= 15 is 0 Å². The molecule has 0 spiro atoms. The van der Waals surface area contributed by atoms with E-state index in [4.69, 9.17) is 5.73 Å². The second-order valence-electron chi connectivity index (χ2n) is 7.74. The van der Waals surface area contributed by atoms with Crippen LogP contribution in [0.25, 0.3) is 0 Å². The fraction of sp³-hybridized carbons (Fsp3) is 0.688. The molecule has 1 aromatic heterocycles. The Morgan fingerprint density at radius 1 is 1.30 bits per heavy atom. The number of hydrogen-bond donors (Lipinski definition) is 2. The van der Waals surface area contributed by atoms with Crippen molar-refractivity contribution in [3.05, 3.63) is 18.0 Å². The molecule has 0 aliphatic rings. The molecule has 0 unspecified atom stereocenters. The number of carbonyl (C=O) groups is 1. The number of rotatable bonds is 4. The summed E-state index contributed by atoms with van der Waals surface area (Å²) in [6, 6.07) is 1.95. The van der Waals surface area contributed by atoms with E-state index in [0.717, 1.165) is 6.42 Å². The Morgan fingerprint density at radius 3 is 2.30 bits per heavy atom. The van der Waals surface area contributed by atoms with E-state index in [-0.39, 0.29) is 22.9 Å². The largest absolute Gasteiger partial charge is 0.397 e. The quantitative estimate of drug-likeness (QED) is 0.884. The maximum Gasteiger partial charge on any atom is 0.268 e. The number of anilines is 1. The van der Waals surface area contributed by atoms with Crippen LogP contribution >= 0.6 is 0 Å². The van der Waals surface area contributed by atoms with Crippen LogP contribution in [-0.2, 0) is 0 Å². The van der Waals surface area contributed by atoms with Gasteiger partial charge < -0.3 is 15.6 Å². The van der Waals surface area contributed by atoms with Gasteiger partial charge in [-0.2, -0.15) is 0 Å². The fourth-order valence-corrected chi connectivity index (χ4v) is 2.85. The van der Waals surface area contributed by atoms with Crippen LogP contribution in [0, 0.1) is 5.41 Å². The van der Waals surface area contributed by atoms with E-state index in [0.29, 0.717) is 11.4 Å². The van der Waals surface area contributed by atoms with Crippen molar-refractivity contribution in [1.29, 1.82) is 0 Å². The Labute approximate surface area is 122 Å². The maximum atomic E-state index is 12.5. The molecule has 1 rings (SSSR count). The van der Waals surface area contributed by atoms with Crippen LogP contribution in [0.1, 0.15) is 71.4 Å². The van der Waals surface area contributed by atoms with Gasteiger partial charge in [0.1, 0.15) is 5.69 Å². The molecule has 4 heteroatoms. The summed E-state index contributed by atoms with van der Waals surface area (Å²) in [5.74, 6) is -0.0651. The topological polar surface area (TPSA) is 60.0 Å². The summed E-state index contributed by atoms with van der Waals surface area (Å²) in [6.07, 6.45) is 2.72. The van der Waals surface area contributed by atoms with Crippen LogP contribution in [-0.4, -0.2) is 16.0 Å². The Bertz CT molecular complexity index is 478. The van der Waals surface area contributed by atoms with E-state index in [2.05, 4.69) is 39.9 Å². The normalized spacial score (nSPS) is 12.8. The molecule has 0 saturated heterocycles. The third kappa shape index (κ3) is 4.58. The van der Waals surface area contributed by atoms with Crippen molar-refractivity contribution in [2.45, 2.75) is 66.5 Å². The van der Waals surface area contributed by atoms with Crippen molar-refractivity contribution in [2.75, 3.05) is 5.73 Å². The zero-order valence-corrected chi connectivity index (χ0v) is 13.9. The zero-order chi connectivity index (χ0) is 15.7. The SMILES string of the molecule is CC(C)n1cc(N)cc1C(=O)NC(C)(C)CC(C)(C)C. The molecule has 0 saturated carbocycles. The number of nitrogens with two attached hydrogens (primary N) is 1. The standard InChI is InChI=1S/C16H29N3O/c1-11(2)19-9-12(17)8-13(19)14(20)18-16(6,7)10-15(3,4)5/h8-9,11H,10,17H2,1-7H3,(H,18,20). The average Bonchev–Trinajstić information content (AvgIpc) is 2.55. The first-order valence-electron chi connectivity index (χ1n) is 7.21. The van der Waals surface area contributed by atoms with Gasteiger partial charge in [0.05, 0.1) is 5.69 Å². The number of aromatic nitrogens is 1. The van der Waals surface area contributed by atoms with Crippen molar-refractivity contribution < 1.29 is 4.79 Å². The van der Waals surface area contributed by atoms with Crippen LogP contribution < -0.4 is 11.1 Å². The lowest BCUT2D eigenvalue weighted by atomic mass is 9.82. The Morgan fingerprint density at radius 2 is 1.85 bits per heavy atom. The summed E-state index contributed by atoms with van der Waals surface area (Å²) < 4.78 is 1.91. The molecule has 0 fully saturated rings. The molecule has 4 nitrogen and oxygen atoms in total. The van der Waals surface area contributed by atoms with Gasteiger partial charge in [-0.05, 0) is 45.6 Å². The van der Waals surface area contributed by atoms with E-state index in [1.165, 1.54) is 0 Å². The first-order chi connectivity index (χ1) is 8.91. The van der Waals surface area contributed by atoms with Gasteiger partial charge in [-0.3, -0.25) is 4.79 Å². The number of amides is 1. The molecule has 1 heterocycles. The first kappa shape index (κ1) is 16.6. The minimum Gasteiger partial charge on any atom is -0.397 e. The highest BCUT2D eigenvalue weighted by atomic mass is 16.2. The number of nitrogens with zero attached hydrogens (tertiary/aromatic N) is 1. The second kappa shape index (κ2) is 5.51.